The van der Waals surface area contributed by atoms with Crippen LogP contribution in [0.25, 0.3) is 22.4 Å². The molecule has 0 atom stereocenters. The van der Waals surface area contributed by atoms with Crippen LogP contribution in [0.5, 0.6) is 0 Å². The summed E-state index contributed by atoms with van der Waals surface area (Å²) in [5.74, 6) is -0.118. The normalized spacial score (nSPS) is 10.9. The zero-order valence-electron chi connectivity index (χ0n) is 18.8. The van der Waals surface area contributed by atoms with Gasteiger partial charge in [-0.2, -0.15) is 11.3 Å². The van der Waals surface area contributed by atoms with Crippen LogP contribution in [0.15, 0.2) is 96.2 Å². The van der Waals surface area contributed by atoms with Crippen molar-refractivity contribution in [2.75, 3.05) is 0 Å². The summed E-state index contributed by atoms with van der Waals surface area (Å²) in [6.45, 7) is 3.11. The number of nitrogens with zero attached hydrogens (tertiary/aromatic N) is 3. The first kappa shape index (κ1) is 21.8. The second-order valence-corrected chi connectivity index (χ2v) is 8.89. The SMILES string of the molecule is Cc1nc(-c2ccsc2)ccc1C(=O)NCc1ccccc1-c1ccc(Cn2ccnc2)cc1. The van der Waals surface area contributed by atoms with Gasteiger partial charge in [0.1, 0.15) is 0 Å². The zero-order valence-corrected chi connectivity index (χ0v) is 19.6. The Morgan fingerprint density at radius 2 is 1.85 bits per heavy atom. The molecule has 34 heavy (non-hydrogen) atoms. The van der Waals surface area contributed by atoms with Crippen LogP contribution < -0.4 is 5.32 Å². The second-order valence-electron chi connectivity index (χ2n) is 8.11. The summed E-state index contributed by atoms with van der Waals surface area (Å²) in [7, 11) is 0. The number of amides is 1. The molecule has 3 heterocycles. The fourth-order valence-corrected chi connectivity index (χ4v) is 4.63. The van der Waals surface area contributed by atoms with E-state index in [1.54, 1.807) is 17.5 Å². The minimum absolute atomic E-state index is 0.118. The molecule has 6 heteroatoms. The molecule has 0 aliphatic heterocycles. The number of carbonyl (C=O) groups excluding carboxylic acids is 1. The predicted molar refractivity (Wildman–Crippen MR) is 137 cm³/mol. The zero-order chi connectivity index (χ0) is 23.3. The van der Waals surface area contributed by atoms with Crippen LogP contribution in [0, 0.1) is 6.92 Å². The van der Waals surface area contributed by atoms with Crippen molar-refractivity contribution >= 4 is 17.2 Å². The first-order valence-corrected chi connectivity index (χ1v) is 12.0. The van der Waals surface area contributed by atoms with Crippen molar-refractivity contribution in [2.45, 2.75) is 20.0 Å². The van der Waals surface area contributed by atoms with Crippen LogP contribution in [0.3, 0.4) is 0 Å². The Bertz CT molecular complexity index is 1390. The van der Waals surface area contributed by atoms with Crippen LogP contribution in [-0.4, -0.2) is 20.4 Å². The monoisotopic (exact) mass is 464 g/mol. The third-order valence-electron chi connectivity index (χ3n) is 5.79. The first-order chi connectivity index (χ1) is 16.7. The number of hydrogen-bond donors (Lipinski definition) is 1. The van der Waals surface area contributed by atoms with Crippen molar-refractivity contribution in [3.63, 3.8) is 0 Å². The van der Waals surface area contributed by atoms with Crippen molar-refractivity contribution < 1.29 is 4.79 Å². The molecule has 5 nitrogen and oxygen atoms in total. The van der Waals surface area contributed by atoms with Gasteiger partial charge in [-0.25, -0.2) is 4.98 Å². The van der Waals surface area contributed by atoms with E-state index < -0.39 is 0 Å². The van der Waals surface area contributed by atoms with Gasteiger partial charge in [-0.1, -0.05) is 48.5 Å². The van der Waals surface area contributed by atoms with Gasteiger partial charge in [0, 0.05) is 36.4 Å². The van der Waals surface area contributed by atoms with Gasteiger partial charge >= 0.3 is 0 Å². The van der Waals surface area contributed by atoms with Gasteiger partial charge < -0.3 is 9.88 Å². The van der Waals surface area contributed by atoms with Gasteiger partial charge in [0.2, 0.25) is 0 Å². The van der Waals surface area contributed by atoms with Crippen molar-refractivity contribution in [3.05, 3.63) is 119 Å². The van der Waals surface area contributed by atoms with Gasteiger partial charge in [-0.3, -0.25) is 9.78 Å². The maximum absolute atomic E-state index is 12.9. The minimum Gasteiger partial charge on any atom is -0.348 e. The molecule has 0 bridgehead atoms. The summed E-state index contributed by atoms with van der Waals surface area (Å²) >= 11 is 1.63. The molecule has 0 aliphatic carbocycles. The largest absolute Gasteiger partial charge is 0.348 e. The molecule has 3 aromatic heterocycles. The number of aromatic nitrogens is 3. The second kappa shape index (κ2) is 9.85. The van der Waals surface area contributed by atoms with E-state index in [4.69, 9.17) is 0 Å². The smallest absolute Gasteiger partial charge is 0.253 e. The summed E-state index contributed by atoms with van der Waals surface area (Å²) in [6, 6.07) is 22.5. The Labute approximate surface area is 202 Å². The number of imidazole rings is 1. The van der Waals surface area contributed by atoms with E-state index >= 15 is 0 Å². The quantitative estimate of drug-likeness (QED) is 0.323. The molecule has 2 aromatic carbocycles. The molecular weight excluding hydrogens is 440 g/mol. The summed E-state index contributed by atoms with van der Waals surface area (Å²) in [6.07, 6.45) is 5.56. The lowest BCUT2D eigenvalue weighted by Gasteiger charge is -2.13. The summed E-state index contributed by atoms with van der Waals surface area (Å²) in [4.78, 5) is 21.7. The maximum Gasteiger partial charge on any atom is 0.253 e. The van der Waals surface area contributed by atoms with Crippen LogP contribution in [0.1, 0.15) is 27.2 Å². The molecule has 0 saturated carbocycles. The number of aryl methyl sites for hydroxylation is 1. The maximum atomic E-state index is 12.9. The Balaban J connectivity index is 1.29. The van der Waals surface area contributed by atoms with Gasteiger partial charge in [0.25, 0.3) is 5.91 Å². The Morgan fingerprint density at radius 1 is 1.00 bits per heavy atom. The van der Waals surface area contributed by atoms with Crippen LogP contribution in [-0.2, 0) is 13.1 Å². The fraction of sp³-hybridized carbons (Fsp3) is 0.107. The van der Waals surface area contributed by atoms with E-state index in [2.05, 4.69) is 57.1 Å². The van der Waals surface area contributed by atoms with E-state index in [1.165, 1.54) is 5.56 Å². The van der Waals surface area contributed by atoms with Gasteiger partial charge in [-0.15, -0.1) is 0 Å². The minimum atomic E-state index is -0.118. The molecule has 1 amide bonds. The Kier molecular flexibility index (Phi) is 6.31. The van der Waals surface area contributed by atoms with Crippen molar-refractivity contribution in [3.8, 4) is 22.4 Å². The van der Waals surface area contributed by atoms with E-state index in [9.17, 15) is 4.79 Å². The molecule has 0 saturated heterocycles. The van der Waals surface area contributed by atoms with Crippen molar-refractivity contribution in [2.24, 2.45) is 0 Å². The predicted octanol–water partition coefficient (Wildman–Crippen LogP) is 5.96. The van der Waals surface area contributed by atoms with Crippen molar-refractivity contribution in [1.29, 1.82) is 0 Å². The summed E-state index contributed by atoms with van der Waals surface area (Å²) in [5, 5.41) is 7.16. The molecule has 0 fully saturated rings. The number of thiophene rings is 1. The average Bonchev–Trinajstić information content (AvgIpc) is 3.58. The highest BCUT2D eigenvalue weighted by atomic mass is 32.1. The third kappa shape index (κ3) is 4.82. The van der Waals surface area contributed by atoms with E-state index in [-0.39, 0.29) is 5.91 Å². The molecule has 168 valence electrons. The Morgan fingerprint density at radius 3 is 2.59 bits per heavy atom. The lowest BCUT2D eigenvalue weighted by atomic mass is 9.98. The van der Waals surface area contributed by atoms with Crippen molar-refractivity contribution in [1.82, 2.24) is 19.9 Å². The number of carbonyl (C=O) groups is 1. The number of rotatable bonds is 7. The van der Waals surface area contributed by atoms with Crippen LogP contribution in [0.2, 0.25) is 0 Å². The number of hydrogen-bond acceptors (Lipinski definition) is 4. The first-order valence-electron chi connectivity index (χ1n) is 11.1. The molecule has 5 rings (SSSR count). The topological polar surface area (TPSA) is 59.8 Å². The summed E-state index contributed by atoms with van der Waals surface area (Å²) in [5.41, 5.74) is 7.79. The van der Waals surface area contributed by atoms with E-state index in [0.29, 0.717) is 12.1 Å². The van der Waals surface area contributed by atoms with Gasteiger partial charge in [0.15, 0.2) is 0 Å². The molecule has 0 radical (unpaired) electrons. The standard InChI is InChI=1S/C28H24N4OS/c1-20-25(10-11-27(31-20)24-12-15-34-18-24)28(33)30-16-23-4-2-3-5-26(23)22-8-6-21(7-9-22)17-32-14-13-29-19-32/h2-15,18-19H,16-17H2,1H3,(H,30,33). The highest BCUT2D eigenvalue weighted by Crippen LogP contribution is 2.25. The lowest BCUT2D eigenvalue weighted by Crippen LogP contribution is -2.24. The third-order valence-corrected chi connectivity index (χ3v) is 6.48. The van der Waals surface area contributed by atoms with Gasteiger partial charge in [-0.05, 0) is 52.8 Å². The highest BCUT2D eigenvalue weighted by molar-refractivity contribution is 7.08. The average molecular weight is 465 g/mol. The summed E-state index contributed by atoms with van der Waals surface area (Å²) < 4.78 is 2.04. The number of pyridine rings is 1. The van der Waals surface area contributed by atoms with E-state index in [0.717, 1.165) is 40.2 Å². The molecular formula is C28H24N4OS. The van der Waals surface area contributed by atoms with Crippen LogP contribution in [0.4, 0.5) is 0 Å². The van der Waals surface area contributed by atoms with Gasteiger partial charge in [0.05, 0.1) is 23.3 Å². The fourth-order valence-electron chi connectivity index (χ4n) is 3.98. The molecule has 0 spiro atoms. The van der Waals surface area contributed by atoms with Crippen LogP contribution >= 0.6 is 11.3 Å². The Hall–Kier alpha value is -4.03. The van der Waals surface area contributed by atoms with E-state index in [1.807, 2.05) is 59.7 Å². The number of nitrogens with one attached hydrogen (secondary N) is 1. The lowest BCUT2D eigenvalue weighted by molar-refractivity contribution is 0.0950. The number of benzene rings is 2. The molecule has 1 N–H and O–H groups in total. The molecule has 0 aliphatic rings. The highest BCUT2D eigenvalue weighted by Gasteiger charge is 2.13. The molecule has 0 unspecified atom stereocenters. The molecule has 5 aromatic rings.